The van der Waals surface area contributed by atoms with Gasteiger partial charge >= 0.3 is 0 Å². The molecule has 0 aromatic heterocycles. The highest BCUT2D eigenvalue weighted by atomic mass is 16.5. The van der Waals surface area contributed by atoms with Gasteiger partial charge in [-0.15, -0.1) is 0 Å². The second-order valence-corrected chi connectivity index (χ2v) is 6.56. The van der Waals surface area contributed by atoms with E-state index in [1.807, 2.05) is 7.11 Å². The lowest BCUT2D eigenvalue weighted by atomic mass is 9.58. The summed E-state index contributed by atoms with van der Waals surface area (Å²) in [5.74, 6) is 0. The maximum Gasteiger partial charge on any atom is 0.0664 e. The normalized spacial score (nSPS) is 36.6. The summed E-state index contributed by atoms with van der Waals surface area (Å²) in [6.07, 6.45) is 9.64. The zero-order valence-corrected chi connectivity index (χ0v) is 13.8. The van der Waals surface area contributed by atoms with Gasteiger partial charge in [0.2, 0.25) is 0 Å². The third-order valence-corrected chi connectivity index (χ3v) is 5.82. The Balaban J connectivity index is 1.92. The minimum absolute atomic E-state index is 0.357. The predicted octanol–water partition coefficient (Wildman–Crippen LogP) is 3.52. The number of rotatable bonds is 7. The fourth-order valence-electron chi connectivity index (χ4n) is 4.34. The van der Waals surface area contributed by atoms with Crippen molar-refractivity contribution in [2.45, 2.75) is 90.1 Å². The Morgan fingerprint density at radius 3 is 2.35 bits per heavy atom. The average Bonchev–Trinajstić information content (AvgIpc) is 2.48. The molecule has 0 heterocycles. The lowest BCUT2D eigenvalue weighted by Gasteiger charge is -2.56. The van der Waals surface area contributed by atoms with Crippen LogP contribution in [0.2, 0.25) is 0 Å². The van der Waals surface area contributed by atoms with Crippen molar-refractivity contribution >= 4 is 0 Å². The summed E-state index contributed by atoms with van der Waals surface area (Å²) in [6, 6.07) is 0.648. The number of methoxy groups -OCH3 is 1. The summed E-state index contributed by atoms with van der Waals surface area (Å²) in [7, 11) is 1.83. The van der Waals surface area contributed by atoms with Crippen molar-refractivity contribution in [2.75, 3.05) is 13.7 Å². The Labute approximate surface area is 124 Å². The van der Waals surface area contributed by atoms with Gasteiger partial charge in [0.15, 0.2) is 0 Å². The first kappa shape index (κ1) is 16.3. The van der Waals surface area contributed by atoms with Crippen LogP contribution in [0.3, 0.4) is 0 Å². The fourth-order valence-corrected chi connectivity index (χ4v) is 4.34. The molecule has 2 saturated carbocycles. The molecule has 0 saturated heterocycles. The first-order valence-electron chi connectivity index (χ1n) is 8.61. The van der Waals surface area contributed by atoms with Gasteiger partial charge in [0.25, 0.3) is 0 Å². The standard InChI is InChI=1S/C17H33NO2/c1-5-17(6-2)15(18-7-3)12-16(17)20-14-10-8-9-13(11-14)19-4/h13-16,18H,5-12H2,1-4H3. The van der Waals surface area contributed by atoms with E-state index in [9.17, 15) is 0 Å². The van der Waals surface area contributed by atoms with Crippen LogP contribution in [-0.2, 0) is 9.47 Å². The van der Waals surface area contributed by atoms with Crippen molar-refractivity contribution < 1.29 is 9.47 Å². The molecule has 0 radical (unpaired) electrons. The minimum atomic E-state index is 0.357. The molecule has 20 heavy (non-hydrogen) atoms. The van der Waals surface area contributed by atoms with E-state index in [0.717, 1.165) is 13.0 Å². The third-order valence-electron chi connectivity index (χ3n) is 5.82. The van der Waals surface area contributed by atoms with Crippen LogP contribution in [0.15, 0.2) is 0 Å². The number of nitrogens with one attached hydrogen (secondary N) is 1. The van der Waals surface area contributed by atoms with Crippen LogP contribution in [0.4, 0.5) is 0 Å². The second-order valence-electron chi connectivity index (χ2n) is 6.56. The third kappa shape index (κ3) is 3.05. The van der Waals surface area contributed by atoms with Crippen LogP contribution in [0.25, 0.3) is 0 Å². The zero-order chi connectivity index (χ0) is 14.6. The molecule has 0 bridgehead atoms. The highest BCUT2D eigenvalue weighted by Gasteiger charge is 2.53. The summed E-state index contributed by atoms with van der Waals surface area (Å²) in [5, 5.41) is 3.66. The van der Waals surface area contributed by atoms with Gasteiger partial charge in [-0.25, -0.2) is 0 Å². The van der Waals surface area contributed by atoms with Crippen molar-refractivity contribution in [3.8, 4) is 0 Å². The Hall–Kier alpha value is -0.120. The molecule has 2 aliphatic carbocycles. The molecule has 2 fully saturated rings. The first-order valence-corrected chi connectivity index (χ1v) is 8.61. The number of hydrogen-bond acceptors (Lipinski definition) is 3. The highest BCUT2D eigenvalue weighted by Crippen LogP contribution is 2.49. The van der Waals surface area contributed by atoms with Crippen molar-refractivity contribution in [1.29, 1.82) is 0 Å². The molecule has 0 aromatic rings. The van der Waals surface area contributed by atoms with E-state index in [4.69, 9.17) is 9.47 Å². The average molecular weight is 283 g/mol. The molecule has 2 aliphatic rings. The molecule has 0 aliphatic heterocycles. The van der Waals surface area contributed by atoms with Gasteiger partial charge in [0.05, 0.1) is 18.3 Å². The van der Waals surface area contributed by atoms with Gasteiger partial charge in [-0.2, -0.15) is 0 Å². The molecule has 0 aromatic carbocycles. The van der Waals surface area contributed by atoms with Gasteiger partial charge < -0.3 is 14.8 Å². The molecule has 3 nitrogen and oxygen atoms in total. The lowest BCUT2D eigenvalue weighted by Crippen LogP contribution is -2.64. The van der Waals surface area contributed by atoms with E-state index in [-0.39, 0.29) is 0 Å². The molecule has 0 spiro atoms. The highest BCUT2D eigenvalue weighted by molar-refractivity contribution is 5.07. The van der Waals surface area contributed by atoms with Crippen LogP contribution >= 0.6 is 0 Å². The second kappa shape index (κ2) is 7.24. The molecule has 1 N–H and O–H groups in total. The topological polar surface area (TPSA) is 30.5 Å². The molecule has 3 heteroatoms. The van der Waals surface area contributed by atoms with Gasteiger partial charge in [-0.1, -0.05) is 20.8 Å². The molecular weight excluding hydrogens is 250 g/mol. The quantitative estimate of drug-likeness (QED) is 0.775. The maximum absolute atomic E-state index is 6.51. The zero-order valence-electron chi connectivity index (χ0n) is 13.8. The summed E-state index contributed by atoms with van der Waals surface area (Å²) < 4.78 is 12.0. The van der Waals surface area contributed by atoms with Crippen LogP contribution in [0.1, 0.15) is 65.7 Å². The first-order chi connectivity index (χ1) is 9.70. The monoisotopic (exact) mass is 283 g/mol. The summed E-state index contributed by atoms with van der Waals surface area (Å²) in [6.45, 7) is 7.91. The van der Waals surface area contributed by atoms with Crippen molar-refractivity contribution in [3.05, 3.63) is 0 Å². The molecule has 2 rings (SSSR count). The van der Waals surface area contributed by atoms with Crippen molar-refractivity contribution in [2.24, 2.45) is 5.41 Å². The fraction of sp³-hybridized carbons (Fsp3) is 1.00. The molecule has 0 amide bonds. The summed E-state index contributed by atoms with van der Waals surface area (Å²) >= 11 is 0. The molecule has 118 valence electrons. The number of hydrogen-bond donors (Lipinski definition) is 1. The van der Waals surface area contributed by atoms with Gasteiger partial charge in [-0.05, 0) is 51.5 Å². The smallest absolute Gasteiger partial charge is 0.0664 e. The molecule has 4 unspecified atom stereocenters. The maximum atomic E-state index is 6.51. The van der Waals surface area contributed by atoms with Crippen LogP contribution in [0.5, 0.6) is 0 Å². The van der Waals surface area contributed by atoms with E-state index in [2.05, 4.69) is 26.1 Å². The summed E-state index contributed by atoms with van der Waals surface area (Å²) in [5.41, 5.74) is 0.357. The van der Waals surface area contributed by atoms with Gasteiger partial charge in [0, 0.05) is 18.6 Å². The van der Waals surface area contributed by atoms with Crippen LogP contribution in [0, 0.1) is 5.41 Å². The van der Waals surface area contributed by atoms with E-state index in [1.165, 1.54) is 38.5 Å². The van der Waals surface area contributed by atoms with Crippen molar-refractivity contribution in [3.63, 3.8) is 0 Å². The van der Waals surface area contributed by atoms with Crippen molar-refractivity contribution in [1.82, 2.24) is 5.32 Å². The molecular formula is C17H33NO2. The number of ether oxygens (including phenoxy) is 2. The summed E-state index contributed by atoms with van der Waals surface area (Å²) in [4.78, 5) is 0. The molecule has 4 atom stereocenters. The van der Waals surface area contributed by atoms with E-state index in [0.29, 0.717) is 29.8 Å². The van der Waals surface area contributed by atoms with E-state index >= 15 is 0 Å². The Kier molecular flexibility index (Phi) is 5.88. The SMILES string of the molecule is CCNC1CC(OC2CCCC(OC)C2)C1(CC)CC. The lowest BCUT2D eigenvalue weighted by molar-refractivity contribution is -0.179. The minimum Gasteiger partial charge on any atom is -0.381 e. The Bertz CT molecular complexity index is 291. The van der Waals surface area contributed by atoms with E-state index in [1.54, 1.807) is 0 Å². The Morgan fingerprint density at radius 2 is 1.75 bits per heavy atom. The van der Waals surface area contributed by atoms with Gasteiger partial charge in [-0.3, -0.25) is 0 Å². The van der Waals surface area contributed by atoms with Gasteiger partial charge in [0.1, 0.15) is 0 Å². The van der Waals surface area contributed by atoms with Crippen LogP contribution < -0.4 is 5.32 Å². The Morgan fingerprint density at radius 1 is 1.05 bits per heavy atom. The van der Waals surface area contributed by atoms with Crippen LogP contribution in [-0.4, -0.2) is 38.0 Å². The largest absolute Gasteiger partial charge is 0.381 e. The van der Waals surface area contributed by atoms with E-state index < -0.39 is 0 Å². The predicted molar refractivity (Wildman–Crippen MR) is 83.0 cm³/mol.